The van der Waals surface area contributed by atoms with Gasteiger partial charge in [0.25, 0.3) is 0 Å². The highest BCUT2D eigenvalue weighted by Crippen LogP contribution is 2.18. The van der Waals surface area contributed by atoms with Crippen LogP contribution in [-0.2, 0) is 10.8 Å². The molecule has 0 aliphatic carbocycles. The summed E-state index contributed by atoms with van der Waals surface area (Å²) in [4.78, 5) is 12.0. The molecule has 1 unspecified atom stereocenters. The number of ketones is 1. The Balaban J connectivity index is 2.68. The highest BCUT2D eigenvalue weighted by molar-refractivity contribution is 7.85. The maximum atomic E-state index is 12.0. The van der Waals surface area contributed by atoms with Gasteiger partial charge in [-0.2, -0.15) is 0 Å². The van der Waals surface area contributed by atoms with Gasteiger partial charge in [-0.05, 0) is 25.5 Å². The average molecular weight is 268 g/mol. The van der Waals surface area contributed by atoms with Gasteiger partial charge in [-0.15, -0.1) is 0 Å². The molecule has 0 spiro atoms. The lowest BCUT2D eigenvalue weighted by Crippen LogP contribution is -2.14. The molecule has 4 heteroatoms. The fourth-order valence-corrected chi connectivity index (χ4v) is 2.78. The Morgan fingerprint density at radius 2 is 2.00 bits per heavy atom. The van der Waals surface area contributed by atoms with E-state index in [-0.39, 0.29) is 11.5 Å². The van der Waals surface area contributed by atoms with Crippen molar-refractivity contribution in [1.82, 2.24) is 0 Å². The van der Waals surface area contributed by atoms with Gasteiger partial charge in [0, 0.05) is 16.6 Å². The van der Waals surface area contributed by atoms with Gasteiger partial charge in [0.1, 0.15) is 5.75 Å². The van der Waals surface area contributed by atoms with Gasteiger partial charge in [0.15, 0.2) is 5.78 Å². The van der Waals surface area contributed by atoms with Gasteiger partial charge in [0.2, 0.25) is 0 Å². The molecule has 1 atom stereocenters. The lowest BCUT2D eigenvalue weighted by Gasteiger charge is -2.08. The summed E-state index contributed by atoms with van der Waals surface area (Å²) in [5.41, 5.74) is 0.532. The fraction of sp³-hybridized carbons (Fsp3) is 0.500. The molecule has 1 aromatic rings. The first-order chi connectivity index (χ1) is 8.69. The molecule has 0 saturated heterocycles. The second kappa shape index (κ2) is 8.03. The minimum absolute atomic E-state index is 0.0874. The van der Waals surface area contributed by atoms with Gasteiger partial charge < -0.3 is 4.74 Å². The maximum absolute atomic E-state index is 12.0. The SMILES string of the molecule is CCCCS(=O)CC(=O)c1ccccc1OCC. The third kappa shape index (κ3) is 4.61. The van der Waals surface area contributed by atoms with Crippen molar-refractivity contribution in [1.29, 1.82) is 0 Å². The molecule has 100 valence electrons. The molecular weight excluding hydrogens is 248 g/mol. The summed E-state index contributed by atoms with van der Waals surface area (Å²) in [5, 5.41) is 0. The summed E-state index contributed by atoms with van der Waals surface area (Å²) >= 11 is 0. The quantitative estimate of drug-likeness (QED) is 0.681. The third-order valence-electron chi connectivity index (χ3n) is 2.50. The number of Topliss-reactive ketones (excluding diaryl/α,β-unsaturated/α-hetero) is 1. The minimum Gasteiger partial charge on any atom is -0.493 e. The van der Waals surface area contributed by atoms with Crippen molar-refractivity contribution in [2.45, 2.75) is 26.7 Å². The van der Waals surface area contributed by atoms with Crippen molar-refractivity contribution in [2.24, 2.45) is 0 Å². The van der Waals surface area contributed by atoms with E-state index >= 15 is 0 Å². The summed E-state index contributed by atoms with van der Waals surface area (Å²) < 4.78 is 17.1. The Bertz CT molecular complexity index is 415. The Hall–Kier alpha value is -1.16. The summed E-state index contributed by atoms with van der Waals surface area (Å²) in [6, 6.07) is 7.12. The maximum Gasteiger partial charge on any atom is 0.179 e. The highest BCUT2D eigenvalue weighted by Gasteiger charge is 2.14. The van der Waals surface area contributed by atoms with Crippen LogP contribution in [0.5, 0.6) is 5.75 Å². The van der Waals surface area contributed by atoms with Gasteiger partial charge in [-0.3, -0.25) is 9.00 Å². The van der Waals surface area contributed by atoms with E-state index in [9.17, 15) is 9.00 Å². The second-order valence-electron chi connectivity index (χ2n) is 3.99. The minimum atomic E-state index is -1.07. The number of carbonyl (C=O) groups excluding carboxylic acids is 1. The Morgan fingerprint density at radius 1 is 1.28 bits per heavy atom. The average Bonchev–Trinajstić information content (AvgIpc) is 2.37. The zero-order valence-electron chi connectivity index (χ0n) is 11.0. The molecule has 3 nitrogen and oxygen atoms in total. The topological polar surface area (TPSA) is 43.4 Å². The standard InChI is InChI=1S/C14H20O3S/c1-3-5-10-18(16)11-13(15)12-8-6-7-9-14(12)17-4-2/h6-9H,3-5,10-11H2,1-2H3. The molecule has 0 heterocycles. The van der Waals surface area contributed by atoms with E-state index in [0.29, 0.717) is 23.7 Å². The lowest BCUT2D eigenvalue weighted by molar-refractivity contribution is 0.101. The molecule has 0 fully saturated rings. The Kier molecular flexibility index (Phi) is 6.65. The number of para-hydroxylation sites is 1. The molecule has 0 aliphatic rings. The summed E-state index contributed by atoms with van der Waals surface area (Å²) in [5.74, 6) is 1.16. The van der Waals surface area contributed by atoms with Crippen LogP contribution in [0.1, 0.15) is 37.0 Å². The number of hydrogen-bond acceptors (Lipinski definition) is 3. The third-order valence-corrected chi connectivity index (χ3v) is 3.83. The normalized spacial score (nSPS) is 12.1. The van der Waals surface area contributed by atoms with Gasteiger partial charge >= 0.3 is 0 Å². The molecule has 18 heavy (non-hydrogen) atoms. The molecule has 0 amide bonds. The predicted molar refractivity (Wildman–Crippen MR) is 74.7 cm³/mol. The zero-order chi connectivity index (χ0) is 13.4. The van der Waals surface area contributed by atoms with Crippen LogP contribution < -0.4 is 4.74 Å². The smallest absolute Gasteiger partial charge is 0.179 e. The Labute approximate surface area is 111 Å². The van der Waals surface area contributed by atoms with Crippen molar-refractivity contribution < 1.29 is 13.7 Å². The van der Waals surface area contributed by atoms with Crippen LogP contribution in [-0.4, -0.2) is 28.1 Å². The summed E-state index contributed by atoms with van der Waals surface area (Å²) in [7, 11) is -1.07. The van der Waals surface area contributed by atoms with Gasteiger partial charge in [-0.25, -0.2) is 0 Å². The van der Waals surface area contributed by atoms with Crippen molar-refractivity contribution in [3.05, 3.63) is 29.8 Å². The first-order valence-corrected chi connectivity index (χ1v) is 7.77. The number of benzene rings is 1. The monoisotopic (exact) mass is 268 g/mol. The van der Waals surface area contributed by atoms with Crippen LogP contribution in [0.4, 0.5) is 0 Å². The first kappa shape index (κ1) is 14.9. The molecule has 0 bridgehead atoms. The number of hydrogen-bond donors (Lipinski definition) is 0. The second-order valence-corrected chi connectivity index (χ2v) is 5.57. The van der Waals surface area contributed by atoms with E-state index in [1.807, 2.05) is 19.9 Å². The number of unbranched alkanes of at least 4 members (excludes halogenated alkanes) is 1. The number of ether oxygens (including phenoxy) is 1. The highest BCUT2D eigenvalue weighted by atomic mass is 32.2. The largest absolute Gasteiger partial charge is 0.493 e. The zero-order valence-corrected chi connectivity index (χ0v) is 11.8. The number of carbonyl (C=O) groups is 1. The molecule has 0 saturated carbocycles. The molecule has 0 aromatic heterocycles. The Morgan fingerprint density at radius 3 is 2.67 bits per heavy atom. The van der Waals surface area contributed by atoms with E-state index in [1.165, 1.54) is 0 Å². The van der Waals surface area contributed by atoms with E-state index < -0.39 is 10.8 Å². The van der Waals surface area contributed by atoms with Crippen LogP contribution in [0, 0.1) is 0 Å². The number of rotatable bonds is 8. The molecule has 1 aromatic carbocycles. The van der Waals surface area contributed by atoms with E-state index in [1.54, 1.807) is 18.2 Å². The van der Waals surface area contributed by atoms with E-state index in [0.717, 1.165) is 12.8 Å². The summed E-state index contributed by atoms with van der Waals surface area (Å²) in [6.45, 7) is 4.44. The molecule has 0 aliphatic heterocycles. The van der Waals surface area contributed by atoms with Gasteiger partial charge in [-0.1, -0.05) is 25.5 Å². The van der Waals surface area contributed by atoms with Crippen LogP contribution >= 0.6 is 0 Å². The first-order valence-electron chi connectivity index (χ1n) is 6.29. The summed E-state index contributed by atoms with van der Waals surface area (Å²) in [6.07, 6.45) is 1.89. The van der Waals surface area contributed by atoms with Crippen molar-refractivity contribution in [3.63, 3.8) is 0 Å². The van der Waals surface area contributed by atoms with Crippen molar-refractivity contribution in [3.8, 4) is 5.75 Å². The molecule has 0 radical (unpaired) electrons. The van der Waals surface area contributed by atoms with Crippen molar-refractivity contribution >= 4 is 16.6 Å². The molecular formula is C14H20O3S. The van der Waals surface area contributed by atoms with Crippen LogP contribution in [0.15, 0.2) is 24.3 Å². The van der Waals surface area contributed by atoms with Crippen molar-refractivity contribution in [2.75, 3.05) is 18.1 Å². The van der Waals surface area contributed by atoms with E-state index in [4.69, 9.17) is 4.74 Å². The van der Waals surface area contributed by atoms with E-state index in [2.05, 4.69) is 0 Å². The lowest BCUT2D eigenvalue weighted by atomic mass is 10.1. The van der Waals surface area contributed by atoms with Crippen LogP contribution in [0.25, 0.3) is 0 Å². The fourth-order valence-electron chi connectivity index (χ4n) is 1.58. The molecule has 1 rings (SSSR count). The van der Waals surface area contributed by atoms with Crippen LogP contribution in [0.3, 0.4) is 0 Å². The molecule has 0 N–H and O–H groups in total. The van der Waals surface area contributed by atoms with Gasteiger partial charge in [0.05, 0.1) is 17.9 Å². The predicted octanol–water partition coefficient (Wildman–Crippen LogP) is 2.82. The van der Waals surface area contributed by atoms with Crippen LogP contribution in [0.2, 0.25) is 0 Å².